The molecule has 196 valence electrons. The van der Waals surface area contributed by atoms with Gasteiger partial charge in [0.2, 0.25) is 5.75 Å². The number of rotatable bonds is 9. The summed E-state index contributed by atoms with van der Waals surface area (Å²) >= 11 is 3.87. The second-order valence-electron chi connectivity index (χ2n) is 7.44. The van der Waals surface area contributed by atoms with Gasteiger partial charge < -0.3 is 14.2 Å². The first kappa shape index (κ1) is 27.6. The van der Waals surface area contributed by atoms with Crippen LogP contribution in [-0.4, -0.2) is 36.3 Å². The number of nitriles is 1. The van der Waals surface area contributed by atoms with Gasteiger partial charge >= 0.3 is 6.18 Å². The number of alkyl halides is 3. The van der Waals surface area contributed by atoms with Gasteiger partial charge in [0.25, 0.3) is 0 Å². The Bertz CT molecular complexity index is 1430. The summed E-state index contributed by atoms with van der Waals surface area (Å²) in [6.07, 6.45) is -2.75. The zero-order valence-corrected chi connectivity index (χ0v) is 22.6. The fourth-order valence-corrected chi connectivity index (χ4v) is 5.84. The van der Waals surface area contributed by atoms with E-state index in [0.29, 0.717) is 54.3 Å². The van der Waals surface area contributed by atoms with Crippen LogP contribution in [0.2, 0.25) is 0 Å². The molecule has 4 aromatic rings. The lowest BCUT2D eigenvalue weighted by molar-refractivity contribution is -0.137. The van der Waals surface area contributed by atoms with Gasteiger partial charge in [0, 0.05) is 22.9 Å². The molecule has 0 N–H and O–H groups in total. The van der Waals surface area contributed by atoms with Crippen LogP contribution in [-0.2, 0) is 11.9 Å². The van der Waals surface area contributed by atoms with Gasteiger partial charge in [-0.1, -0.05) is 23.9 Å². The van der Waals surface area contributed by atoms with Gasteiger partial charge in [-0.25, -0.2) is 15.0 Å². The number of ether oxygens (including phenoxy) is 3. The van der Waals surface area contributed by atoms with Crippen LogP contribution in [0.25, 0.3) is 11.3 Å². The molecule has 0 fully saturated rings. The van der Waals surface area contributed by atoms with E-state index in [9.17, 15) is 18.4 Å². The molecule has 13 heteroatoms. The van der Waals surface area contributed by atoms with Crippen molar-refractivity contribution in [2.45, 2.75) is 26.5 Å². The van der Waals surface area contributed by atoms with Gasteiger partial charge in [-0.15, -0.1) is 11.3 Å². The normalized spacial score (nSPS) is 11.2. The third-order valence-corrected chi connectivity index (χ3v) is 7.94. The van der Waals surface area contributed by atoms with Crippen LogP contribution in [0.15, 0.2) is 62.5 Å². The maximum atomic E-state index is 12.9. The smallest absolute Gasteiger partial charge is 0.416 e. The largest absolute Gasteiger partial charge is 0.493 e. The minimum absolute atomic E-state index is 0.235. The van der Waals surface area contributed by atoms with Gasteiger partial charge in [-0.05, 0) is 41.6 Å². The summed E-state index contributed by atoms with van der Waals surface area (Å²) in [5, 5.41) is 12.6. The van der Waals surface area contributed by atoms with E-state index in [1.54, 1.807) is 18.3 Å². The topological polar surface area (TPSA) is 90.2 Å². The van der Waals surface area contributed by atoms with E-state index in [0.717, 1.165) is 12.1 Å². The fraction of sp³-hybridized carbons (Fsp3) is 0.200. The van der Waals surface area contributed by atoms with Crippen LogP contribution in [0.4, 0.5) is 13.2 Å². The molecule has 0 spiro atoms. The van der Waals surface area contributed by atoms with Gasteiger partial charge in [-0.3, -0.25) is 0 Å². The monoisotopic (exact) mass is 576 g/mol. The molecule has 0 saturated heterocycles. The van der Waals surface area contributed by atoms with E-state index in [1.807, 2.05) is 5.38 Å². The van der Waals surface area contributed by atoms with Crippen molar-refractivity contribution in [3.05, 3.63) is 64.7 Å². The van der Waals surface area contributed by atoms with Gasteiger partial charge in [0.15, 0.2) is 21.0 Å². The summed E-state index contributed by atoms with van der Waals surface area (Å²) in [4.78, 5) is 13.5. The lowest BCUT2D eigenvalue weighted by Crippen LogP contribution is -2.04. The second-order valence-corrected chi connectivity index (χ2v) is 10.5. The summed E-state index contributed by atoms with van der Waals surface area (Å²) in [6.45, 7) is 0. The number of methoxy groups -OCH3 is 3. The number of benzene rings is 2. The highest BCUT2D eigenvalue weighted by Crippen LogP contribution is 2.43. The summed E-state index contributed by atoms with van der Waals surface area (Å²) in [5.74, 6) is 1.48. The van der Waals surface area contributed by atoms with E-state index in [4.69, 9.17) is 14.2 Å². The Balaban J connectivity index is 1.77. The molecule has 38 heavy (non-hydrogen) atoms. The quantitative estimate of drug-likeness (QED) is 0.119. The average Bonchev–Trinajstić information content (AvgIpc) is 3.43. The predicted molar refractivity (Wildman–Crippen MR) is 139 cm³/mol. The maximum absolute atomic E-state index is 12.9. The van der Waals surface area contributed by atoms with Crippen molar-refractivity contribution in [3.8, 4) is 34.6 Å². The lowest BCUT2D eigenvalue weighted by atomic mass is 10.1. The van der Waals surface area contributed by atoms with E-state index in [-0.39, 0.29) is 5.56 Å². The highest BCUT2D eigenvalue weighted by Gasteiger charge is 2.30. The molecule has 2 heterocycles. The first-order valence-electron chi connectivity index (χ1n) is 10.8. The predicted octanol–water partition coefficient (Wildman–Crippen LogP) is 6.96. The van der Waals surface area contributed by atoms with Crippen LogP contribution < -0.4 is 14.2 Å². The van der Waals surface area contributed by atoms with Gasteiger partial charge in [0.05, 0.1) is 32.6 Å². The zero-order chi connectivity index (χ0) is 27.3. The second kappa shape index (κ2) is 11.9. The molecule has 0 unspecified atom stereocenters. The molecule has 2 aromatic carbocycles. The van der Waals surface area contributed by atoms with E-state index < -0.39 is 11.7 Å². The van der Waals surface area contributed by atoms with E-state index in [1.165, 1.54) is 68.3 Å². The number of nitrogens with zero attached hydrogens (tertiary/aromatic N) is 4. The molecule has 0 bridgehead atoms. The van der Waals surface area contributed by atoms with Crippen LogP contribution in [0.1, 0.15) is 16.7 Å². The molecular weight excluding hydrogens is 557 g/mol. The maximum Gasteiger partial charge on any atom is 0.416 e. The number of halogens is 3. The van der Waals surface area contributed by atoms with Crippen LogP contribution >= 0.6 is 34.9 Å². The Kier molecular flexibility index (Phi) is 8.65. The standard InChI is InChI=1S/C25H19F3N4O3S3/c1-33-18-10-15(11-19(34-2)21(18)35-3)20-17(12-29)22(38-24-30-8-9-36-24)32-23(31-20)37-13-14-4-6-16(7-5-14)25(26,27)28/h4-11H,13H2,1-3H3. The van der Waals surface area contributed by atoms with Crippen molar-refractivity contribution in [2.24, 2.45) is 0 Å². The molecule has 0 saturated carbocycles. The fourth-order valence-electron chi connectivity index (χ4n) is 3.37. The van der Waals surface area contributed by atoms with E-state index in [2.05, 4.69) is 21.0 Å². The Labute approximate surface area is 229 Å². The molecule has 0 amide bonds. The summed E-state index contributed by atoms with van der Waals surface area (Å²) < 4.78 is 55.8. The number of hydrogen-bond acceptors (Lipinski definition) is 10. The molecule has 0 aliphatic heterocycles. The van der Waals surface area contributed by atoms with E-state index >= 15 is 0 Å². The summed E-state index contributed by atoms with van der Waals surface area (Å²) in [5.41, 5.74) is 1.07. The minimum Gasteiger partial charge on any atom is -0.493 e. The highest BCUT2D eigenvalue weighted by molar-refractivity contribution is 8.01. The molecule has 0 atom stereocenters. The summed E-state index contributed by atoms with van der Waals surface area (Å²) in [7, 11) is 4.47. The Morgan fingerprint density at radius 1 is 1.00 bits per heavy atom. The van der Waals surface area contributed by atoms with Crippen molar-refractivity contribution in [2.75, 3.05) is 21.3 Å². The first-order chi connectivity index (χ1) is 18.3. The average molecular weight is 577 g/mol. The number of thioether (sulfide) groups is 1. The molecule has 4 rings (SSSR count). The minimum atomic E-state index is -4.40. The zero-order valence-electron chi connectivity index (χ0n) is 20.2. The molecule has 7 nitrogen and oxygen atoms in total. The van der Waals surface area contributed by atoms with Crippen molar-refractivity contribution in [1.29, 1.82) is 5.26 Å². The first-order valence-corrected chi connectivity index (χ1v) is 13.4. The highest BCUT2D eigenvalue weighted by atomic mass is 32.2. The number of thiazole rings is 1. The Hall–Kier alpha value is -3.47. The van der Waals surface area contributed by atoms with Crippen molar-refractivity contribution >= 4 is 34.9 Å². The number of aromatic nitrogens is 3. The third-order valence-electron chi connectivity index (χ3n) is 5.15. The van der Waals surface area contributed by atoms with Crippen molar-refractivity contribution < 1.29 is 27.4 Å². The van der Waals surface area contributed by atoms with Crippen LogP contribution in [0.5, 0.6) is 17.2 Å². The Morgan fingerprint density at radius 2 is 1.68 bits per heavy atom. The third kappa shape index (κ3) is 6.15. The van der Waals surface area contributed by atoms with Gasteiger partial charge in [0.1, 0.15) is 16.7 Å². The molecule has 0 aliphatic rings. The molecule has 2 aromatic heterocycles. The van der Waals surface area contributed by atoms with Crippen molar-refractivity contribution in [3.63, 3.8) is 0 Å². The van der Waals surface area contributed by atoms with Crippen LogP contribution in [0.3, 0.4) is 0 Å². The molecule has 0 radical (unpaired) electrons. The molecular formula is C25H19F3N4O3S3. The Morgan fingerprint density at radius 3 is 2.21 bits per heavy atom. The number of hydrogen-bond donors (Lipinski definition) is 0. The summed E-state index contributed by atoms with van der Waals surface area (Å²) in [6, 6.07) is 10.5. The van der Waals surface area contributed by atoms with Crippen LogP contribution in [0, 0.1) is 11.3 Å². The van der Waals surface area contributed by atoms with Gasteiger partial charge in [-0.2, -0.15) is 18.4 Å². The lowest BCUT2D eigenvalue weighted by Gasteiger charge is -2.15. The van der Waals surface area contributed by atoms with Crippen molar-refractivity contribution in [1.82, 2.24) is 15.0 Å². The SMILES string of the molecule is COc1cc(-c2nc(SCc3ccc(C(F)(F)F)cc3)nc(Sc3nccs3)c2C#N)cc(OC)c1OC. The molecule has 0 aliphatic carbocycles.